The van der Waals surface area contributed by atoms with Gasteiger partial charge < -0.3 is 10.1 Å². The normalized spacial score (nSPS) is 24.2. The van der Waals surface area contributed by atoms with Crippen LogP contribution in [0.4, 0.5) is 0 Å². The summed E-state index contributed by atoms with van der Waals surface area (Å²) >= 11 is 9.46. The number of halogens is 2. The summed E-state index contributed by atoms with van der Waals surface area (Å²) in [7, 11) is 1.79. The molecule has 1 fully saturated rings. The number of hydrogen-bond donors (Lipinski definition) is 1. The van der Waals surface area contributed by atoms with Gasteiger partial charge >= 0.3 is 0 Å². The number of hydrogen-bond acceptors (Lipinski definition) is 2. The van der Waals surface area contributed by atoms with Gasteiger partial charge in [-0.25, -0.2) is 0 Å². The molecule has 0 saturated heterocycles. The SMILES string of the molecule is COC1CCCC1NCc1ccc(Br)c(Cl)c1. The van der Waals surface area contributed by atoms with Crippen LogP contribution < -0.4 is 5.32 Å². The number of methoxy groups -OCH3 is 1. The molecule has 1 aromatic rings. The monoisotopic (exact) mass is 317 g/mol. The Morgan fingerprint density at radius 2 is 2.29 bits per heavy atom. The molecule has 2 unspecified atom stereocenters. The third-order valence-electron chi connectivity index (χ3n) is 3.31. The van der Waals surface area contributed by atoms with Crippen molar-refractivity contribution in [1.29, 1.82) is 0 Å². The van der Waals surface area contributed by atoms with Gasteiger partial charge in [0.2, 0.25) is 0 Å². The van der Waals surface area contributed by atoms with Crippen molar-refractivity contribution in [3.8, 4) is 0 Å². The lowest BCUT2D eigenvalue weighted by Gasteiger charge is -2.19. The minimum Gasteiger partial charge on any atom is -0.380 e. The molecule has 0 bridgehead atoms. The highest BCUT2D eigenvalue weighted by atomic mass is 79.9. The predicted octanol–water partition coefficient (Wildman–Crippen LogP) is 3.76. The summed E-state index contributed by atoms with van der Waals surface area (Å²) in [6, 6.07) is 6.54. The molecule has 0 spiro atoms. The van der Waals surface area contributed by atoms with E-state index in [2.05, 4.69) is 27.3 Å². The summed E-state index contributed by atoms with van der Waals surface area (Å²) in [5.74, 6) is 0. The Labute approximate surface area is 116 Å². The minimum atomic E-state index is 0.362. The minimum absolute atomic E-state index is 0.362. The van der Waals surface area contributed by atoms with Gasteiger partial charge in [0, 0.05) is 24.2 Å². The molecule has 1 N–H and O–H groups in total. The molecule has 1 aromatic carbocycles. The van der Waals surface area contributed by atoms with Crippen LogP contribution in [-0.4, -0.2) is 19.3 Å². The zero-order chi connectivity index (χ0) is 12.3. The predicted molar refractivity (Wildman–Crippen MR) is 74.4 cm³/mol. The average Bonchev–Trinajstić information content (AvgIpc) is 2.78. The molecular weight excluding hydrogens is 302 g/mol. The van der Waals surface area contributed by atoms with Crippen molar-refractivity contribution in [3.63, 3.8) is 0 Å². The maximum absolute atomic E-state index is 6.07. The van der Waals surface area contributed by atoms with Crippen molar-refractivity contribution in [1.82, 2.24) is 5.32 Å². The highest BCUT2D eigenvalue weighted by Gasteiger charge is 2.26. The average molecular weight is 319 g/mol. The van der Waals surface area contributed by atoms with Crippen LogP contribution >= 0.6 is 27.5 Å². The summed E-state index contributed by atoms with van der Waals surface area (Å²) in [4.78, 5) is 0. The summed E-state index contributed by atoms with van der Waals surface area (Å²) in [5.41, 5.74) is 1.21. The van der Waals surface area contributed by atoms with E-state index in [1.54, 1.807) is 7.11 Å². The van der Waals surface area contributed by atoms with E-state index in [9.17, 15) is 0 Å². The second kappa shape index (κ2) is 6.19. The van der Waals surface area contributed by atoms with Crippen LogP contribution in [0.3, 0.4) is 0 Å². The molecular formula is C13H17BrClNO. The Morgan fingerprint density at radius 1 is 1.47 bits per heavy atom. The molecule has 2 atom stereocenters. The third-order valence-corrected chi connectivity index (χ3v) is 4.54. The molecule has 94 valence electrons. The molecule has 0 heterocycles. The van der Waals surface area contributed by atoms with Gasteiger partial charge in [-0.2, -0.15) is 0 Å². The lowest BCUT2D eigenvalue weighted by atomic mass is 10.1. The molecule has 2 rings (SSSR count). The van der Waals surface area contributed by atoms with Crippen LogP contribution in [-0.2, 0) is 11.3 Å². The van der Waals surface area contributed by atoms with Crippen molar-refractivity contribution in [2.75, 3.05) is 7.11 Å². The van der Waals surface area contributed by atoms with Gasteiger partial charge in [0.05, 0.1) is 11.1 Å². The van der Waals surface area contributed by atoms with Gasteiger partial charge in [-0.05, 0) is 52.9 Å². The van der Waals surface area contributed by atoms with Gasteiger partial charge in [0.25, 0.3) is 0 Å². The molecule has 2 nitrogen and oxygen atoms in total. The van der Waals surface area contributed by atoms with Crippen molar-refractivity contribution >= 4 is 27.5 Å². The Hall–Kier alpha value is -0.0900. The van der Waals surface area contributed by atoms with Crippen LogP contribution in [0, 0.1) is 0 Å². The summed E-state index contributed by atoms with van der Waals surface area (Å²) in [6.07, 6.45) is 3.97. The first-order valence-corrected chi connectivity index (χ1v) is 7.08. The van der Waals surface area contributed by atoms with Gasteiger partial charge in [0.15, 0.2) is 0 Å². The van der Waals surface area contributed by atoms with Gasteiger partial charge in [-0.15, -0.1) is 0 Å². The Balaban J connectivity index is 1.91. The van der Waals surface area contributed by atoms with E-state index >= 15 is 0 Å². The van der Waals surface area contributed by atoms with E-state index < -0.39 is 0 Å². The van der Waals surface area contributed by atoms with Crippen molar-refractivity contribution in [2.45, 2.75) is 38.0 Å². The fourth-order valence-electron chi connectivity index (χ4n) is 2.34. The van der Waals surface area contributed by atoms with Crippen LogP contribution in [0.25, 0.3) is 0 Å². The quantitative estimate of drug-likeness (QED) is 0.912. The maximum atomic E-state index is 6.07. The number of nitrogens with one attached hydrogen (secondary N) is 1. The van der Waals surface area contributed by atoms with Crippen LogP contribution in [0.15, 0.2) is 22.7 Å². The fourth-order valence-corrected chi connectivity index (χ4v) is 2.79. The third kappa shape index (κ3) is 3.44. The molecule has 0 aromatic heterocycles. The maximum Gasteiger partial charge on any atom is 0.0724 e. The second-order valence-corrected chi connectivity index (χ2v) is 5.70. The number of benzene rings is 1. The summed E-state index contributed by atoms with van der Waals surface area (Å²) < 4.78 is 6.40. The Kier molecular flexibility index (Phi) is 4.86. The number of rotatable bonds is 4. The zero-order valence-electron chi connectivity index (χ0n) is 9.88. The highest BCUT2D eigenvalue weighted by molar-refractivity contribution is 9.10. The molecule has 0 radical (unpaired) electrons. The lowest BCUT2D eigenvalue weighted by molar-refractivity contribution is 0.0847. The molecule has 1 saturated carbocycles. The fraction of sp³-hybridized carbons (Fsp3) is 0.538. The molecule has 4 heteroatoms. The summed E-state index contributed by atoms with van der Waals surface area (Å²) in [6.45, 7) is 0.845. The topological polar surface area (TPSA) is 21.3 Å². The molecule has 1 aliphatic carbocycles. The highest BCUT2D eigenvalue weighted by Crippen LogP contribution is 2.24. The van der Waals surface area contributed by atoms with E-state index in [4.69, 9.17) is 16.3 Å². The lowest BCUT2D eigenvalue weighted by Crippen LogP contribution is -2.36. The van der Waals surface area contributed by atoms with Crippen molar-refractivity contribution in [3.05, 3.63) is 33.3 Å². The first kappa shape index (κ1) is 13.3. The molecule has 0 aliphatic heterocycles. The van der Waals surface area contributed by atoms with E-state index in [-0.39, 0.29) is 0 Å². The first-order chi connectivity index (χ1) is 8.20. The van der Waals surface area contributed by atoms with E-state index in [0.29, 0.717) is 12.1 Å². The summed E-state index contributed by atoms with van der Waals surface area (Å²) in [5, 5.41) is 4.31. The van der Waals surface area contributed by atoms with Gasteiger partial charge in [-0.3, -0.25) is 0 Å². The second-order valence-electron chi connectivity index (χ2n) is 4.44. The standard InChI is InChI=1S/C13H17BrClNO/c1-17-13-4-2-3-12(13)16-8-9-5-6-10(14)11(15)7-9/h5-7,12-13,16H,2-4,8H2,1H3. The zero-order valence-corrected chi connectivity index (χ0v) is 12.2. The molecule has 0 amide bonds. The first-order valence-electron chi connectivity index (χ1n) is 5.91. The van der Waals surface area contributed by atoms with Crippen LogP contribution in [0.1, 0.15) is 24.8 Å². The van der Waals surface area contributed by atoms with Crippen LogP contribution in [0.5, 0.6) is 0 Å². The Morgan fingerprint density at radius 3 is 3.00 bits per heavy atom. The van der Waals surface area contributed by atoms with E-state index in [0.717, 1.165) is 22.5 Å². The molecule has 17 heavy (non-hydrogen) atoms. The smallest absolute Gasteiger partial charge is 0.0724 e. The van der Waals surface area contributed by atoms with Gasteiger partial charge in [0.1, 0.15) is 0 Å². The number of ether oxygens (including phenoxy) is 1. The van der Waals surface area contributed by atoms with E-state index in [1.165, 1.54) is 18.4 Å². The van der Waals surface area contributed by atoms with Crippen LogP contribution in [0.2, 0.25) is 5.02 Å². The van der Waals surface area contributed by atoms with E-state index in [1.807, 2.05) is 12.1 Å². The largest absolute Gasteiger partial charge is 0.380 e. The molecule has 1 aliphatic rings. The van der Waals surface area contributed by atoms with Gasteiger partial charge in [-0.1, -0.05) is 17.7 Å². The van der Waals surface area contributed by atoms with Crippen molar-refractivity contribution in [2.24, 2.45) is 0 Å². The van der Waals surface area contributed by atoms with Crippen molar-refractivity contribution < 1.29 is 4.74 Å². The Bertz CT molecular complexity index is 386.